The van der Waals surface area contributed by atoms with E-state index in [0.29, 0.717) is 12.6 Å². The zero-order valence-corrected chi connectivity index (χ0v) is 15.7. The first-order valence-corrected chi connectivity index (χ1v) is 9.83. The van der Waals surface area contributed by atoms with E-state index in [0.717, 1.165) is 37.8 Å². The zero-order chi connectivity index (χ0) is 18.2. The molecule has 0 spiro atoms. The van der Waals surface area contributed by atoms with Crippen molar-refractivity contribution in [3.05, 3.63) is 35.9 Å². The van der Waals surface area contributed by atoms with Gasteiger partial charge in [0.15, 0.2) is 5.96 Å². The number of morpholine rings is 1. The van der Waals surface area contributed by atoms with Crippen LogP contribution in [-0.4, -0.2) is 74.0 Å². The van der Waals surface area contributed by atoms with Crippen molar-refractivity contribution < 1.29 is 9.84 Å². The molecule has 0 aliphatic carbocycles. The van der Waals surface area contributed by atoms with Gasteiger partial charge in [0.2, 0.25) is 0 Å². The molecule has 3 unspecified atom stereocenters. The SMILES string of the molecule is CCNC(=NCC(CO)c1ccccc1)NCC1CN2CCCC2CO1. The van der Waals surface area contributed by atoms with Crippen LogP contribution >= 0.6 is 0 Å². The fraction of sp³-hybridized carbons (Fsp3) is 0.650. The van der Waals surface area contributed by atoms with Crippen LogP contribution in [0, 0.1) is 0 Å². The molecule has 2 aliphatic heterocycles. The topological polar surface area (TPSA) is 69.1 Å². The van der Waals surface area contributed by atoms with Crippen LogP contribution in [-0.2, 0) is 4.74 Å². The summed E-state index contributed by atoms with van der Waals surface area (Å²) in [4.78, 5) is 7.23. The van der Waals surface area contributed by atoms with Gasteiger partial charge in [-0.25, -0.2) is 0 Å². The van der Waals surface area contributed by atoms with Gasteiger partial charge in [-0.2, -0.15) is 0 Å². The maximum Gasteiger partial charge on any atom is 0.191 e. The van der Waals surface area contributed by atoms with Gasteiger partial charge in [0, 0.05) is 31.6 Å². The van der Waals surface area contributed by atoms with Gasteiger partial charge in [-0.3, -0.25) is 9.89 Å². The minimum Gasteiger partial charge on any atom is -0.396 e. The zero-order valence-electron chi connectivity index (χ0n) is 15.7. The summed E-state index contributed by atoms with van der Waals surface area (Å²) in [6.07, 6.45) is 2.77. The van der Waals surface area contributed by atoms with Gasteiger partial charge in [0.05, 0.1) is 25.9 Å². The van der Waals surface area contributed by atoms with Gasteiger partial charge in [-0.05, 0) is 31.9 Å². The van der Waals surface area contributed by atoms with Crippen molar-refractivity contribution in [3.63, 3.8) is 0 Å². The lowest BCUT2D eigenvalue weighted by Crippen LogP contribution is -2.51. The van der Waals surface area contributed by atoms with Gasteiger partial charge in [0.25, 0.3) is 0 Å². The molecule has 6 nitrogen and oxygen atoms in total. The van der Waals surface area contributed by atoms with Crippen LogP contribution in [0.5, 0.6) is 0 Å². The van der Waals surface area contributed by atoms with Gasteiger partial charge >= 0.3 is 0 Å². The molecule has 1 aromatic rings. The molecule has 2 aliphatic rings. The maximum atomic E-state index is 9.71. The quantitative estimate of drug-likeness (QED) is 0.503. The molecule has 2 saturated heterocycles. The van der Waals surface area contributed by atoms with Crippen molar-refractivity contribution in [3.8, 4) is 0 Å². The number of aliphatic imine (C=N–C) groups is 1. The van der Waals surface area contributed by atoms with E-state index in [-0.39, 0.29) is 18.6 Å². The number of rotatable bonds is 7. The van der Waals surface area contributed by atoms with Crippen molar-refractivity contribution in [2.75, 3.05) is 45.9 Å². The van der Waals surface area contributed by atoms with Crippen LogP contribution < -0.4 is 10.6 Å². The second-order valence-corrected chi connectivity index (χ2v) is 7.14. The first-order valence-electron chi connectivity index (χ1n) is 9.83. The number of nitrogens with zero attached hydrogens (tertiary/aromatic N) is 2. The Labute approximate surface area is 156 Å². The highest BCUT2D eigenvalue weighted by Gasteiger charge is 2.32. The van der Waals surface area contributed by atoms with Crippen molar-refractivity contribution in [2.45, 2.75) is 37.8 Å². The van der Waals surface area contributed by atoms with E-state index in [1.807, 2.05) is 30.3 Å². The summed E-state index contributed by atoms with van der Waals surface area (Å²) in [7, 11) is 0. The van der Waals surface area contributed by atoms with Crippen molar-refractivity contribution in [2.24, 2.45) is 4.99 Å². The molecular formula is C20H32N4O2. The normalized spacial score (nSPS) is 24.9. The molecule has 0 aromatic heterocycles. The Kier molecular flexibility index (Phi) is 7.29. The third-order valence-electron chi connectivity index (χ3n) is 5.26. The molecule has 3 rings (SSSR count). The molecule has 144 valence electrons. The van der Waals surface area contributed by atoms with Crippen LogP contribution in [0.3, 0.4) is 0 Å². The first-order chi connectivity index (χ1) is 12.8. The summed E-state index contributed by atoms with van der Waals surface area (Å²) >= 11 is 0. The lowest BCUT2D eigenvalue weighted by molar-refractivity contribution is -0.0453. The summed E-state index contributed by atoms with van der Waals surface area (Å²) in [5, 5.41) is 16.4. The Morgan fingerprint density at radius 1 is 1.35 bits per heavy atom. The Bertz CT molecular complexity index is 566. The molecule has 26 heavy (non-hydrogen) atoms. The van der Waals surface area contributed by atoms with Gasteiger partial charge in [-0.15, -0.1) is 0 Å². The van der Waals surface area contributed by atoms with Crippen LogP contribution in [0.1, 0.15) is 31.2 Å². The van der Waals surface area contributed by atoms with Gasteiger partial charge in [-0.1, -0.05) is 30.3 Å². The minimum atomic E-state index is 0.0166. The largest absolute Gasteiger partial charge is 0.396 e. The molecule has 3 atom stereocenters. The number of nitrogens with one attached hydrogen (secondary N) is 2. The monoisotopic (exact) mass is 360 g/mol. The molecule has 3 N–H and O–H groups in total. The van der Waals surface area contributed by atoms with Crippen LogP contribution in [0.25, 0.3) is 0 Å². The highest BCUT2D eigenvalue weighted by Crippen LogP contribution is 2.22. The second kappa shape index (κ2) is 9.90. The average molecular weight is 361 g/mol. The number of ether oxygens (including phenoxy) is 1. The van der Waals surface area contributed by atoms with Crippen molar-refractivity contribution in [1.82, 2.24) is 15.5 Å². The predicted octanol–water partition coefficient (Wildman–Crippen LogP) is 1.18. The van der Waals surface area contributed by atoms with Crippen LogP contribution in [0.15, 0.2) is 35.3 Å². The van der Waals surface area contributed by atoms with E-state index in [9.17, 15) is 5.11 Å². The second-order valence-electron chi connectivity index (χ2n) is 7.14. The predicted molar refractivity (Wildman–Crippen MR) is 105 cm³/mol. The van der Waals surface area contributed by atoms with Crippen molar-refractivity contribution >= 4 is 5.96 Å². The number of guanidine groups is 1. The molecule has 2 fully saturated rings. The summed E-state index contributed by atoms with van der Waals surface area (Å²) in [6.45, 7) is 7.31. The molecule has 2 heterocycles. The van der Waals surface area contributed by atoms with Crippen molar-refractivity contribution in [1.29, 1.82) is 0 Å². The number of hydrogen-bond acceptors (Lipinski definition) is 4. The summed E-state index contributed by atoms with van der Waals surface area (Å²) < 4.78 is 6.01. The average Bonchev–Trinajstić information content (AvgIpc) is 3.15. The molecule has 0 bridgehead atoms. The number of aliphatic hydroxyl groups excluding tert-OH is 1. The third-order valence-corrected chi connectivity index (χ3v) is 5.26. The molecule has 0 radical (unpaired) electrons. The standard InChI is InChI=1S/C20H32N4O2/c1-2-21-20(22-11-17(14-25)16-7-4-3-5-8-16)23-12-19-13-24-10-6-9-18(24)15-26-19/h3-5,7-8,17-19,25H,2,6,9-15H2,1H3,(H2,21,22,23). The Balaban J connectivity index is 1.52. The Hall–Kier alpha value is -1.63. The minimum absolute atomic E-state index is 0.0166. The van der Waals surface area contributed by atoms with E-state index < -0.39 is 0 Å². The van der Waals surface area contributed by atoms with Gasteiger partial charge in [0.1, 0.15) is 0 Å². The highest BCUT2D eigenvalue weighted by atomic mass is 16.5. The number of aliphatic hydroxyl groups is 1. The van der Waals surface area contributed by atoms with E-state index in [1.165, 1.54) is 19.4 Å². The van der Waals surface area contributed by atoms with E-state index >= 15 is 0 Å². The van der Waals surface area contributed by atoms with Crippen LogP contribution in [0.4, 0.5) is 0 Å². The fourth-order valence-electron chi connectivity index (χ4n) is 3.76. The lowest BCUT2D eigenvalue weighted by atomic mass is 10.0. The van der Waals surface area contributed by atoms with E-state index in [1.54, 1.807) is 0 Å². The third kappa shape index (κ3) is 5.19. The smallest absolute Gasteiger partial charge is 0.191 e. The maximum absolute atomic E-state index is 9.71. The first kappa shape index (κ1) is 19.1. The fourth-order valence-corrected chi connectivity index (χ4v) is 3.76. The summed E-state index contributed by atoms with van der Waals surface area (Å²) in [5.41, 5.74) is 1.12. The number of fused-ring (bicyclic) bond motifs is 1. The van der Waals surface area contributed by atoms with Crippen LogP contribution in [0.2, 0.25) is 0 Å². The highest BCUT2D eigenvalue weighted by molar-refractivity contribution is 5.79. The molecule has 6 heteroatoms. The summed E-state index contributed by atoms with van der Waals surface area (Å²) in [6, 6.07) is 10.7. The number of hydrogen-bond donors (Lipinski definition) is 3. The number of benzene rings is 1. The van der Waals surface area contributed by atoms with Gasteiger partial charge < -0.3 is 20.5 Å². The van der Waals surface area contributed by atoms with E-state index in [4.69, 9.17) is 4.74 Å². The molecule has 0 amide bonds. The molecular weight excluding hydrogens is 328 g/mol. The molecule has 1 aromatic carbocycles. The summed E-state index contributed by atoms with van der Waals surface area (Å²) in [5.74, 6) is 0.803. The Morgan fingerprint density at radius 2 is 2.19 bits per heavy atom. The molecule has 0 saturated carbocycles. The Morgan fingerprint density at radius 3 is 2.96 bits per heavy atom. The van der Waals surface area contributed by atoms with E-state index in [2.05, 4.69) is 27.4 Å². The lowest BCUT2D eigenvalue weighted by Gasteiger charge is -2.35.